The third-order valence-electron chi connectivity index (χ3n) is 1.41. The maximum atomic E-state index is 11.5. The van der Waals surface area contributed by atoms with Crippen LogP contribution in [0.2, 0.25) is 0 Å². The zero-order valence-electron chi connectivity index (χ0n) is 7.14. The van der Waals surface area contributed by atoms with E-state index in [1.165, 1.54) is 7.11 Å². The normalized spacial score (nSPS) is 14.9. The smallest absolute Gasteiger partial charge is 0.393 e. The average molecular weight is 221 g/mol. The Hall–Kier alpha value is -0.500. The molecule has 0 heterocycles. The Balaban J connectivity index is 2.74. The molecule has 13 heavy (non-hydrogen) atoms. The average Bonchev–Trinajstić information content (AvgIpc) is 2.19. The SMILES string of the molecule is CO[P@@](=O)(CCl)Oc1ccccc1. The van der Waals surface area contributed by atoms with Crippen molar-refractivity contribution < 1.29 is 13.6 Å². The van der Waals surface area contributed by atoms with Crippen molar-refractivity contribution in [3.63, 3.8) is 0 Å². The largest absolute Gasteiger partial charge is 0.424 e. The maximum Gasteiger partial charge on any atom is 0.393 e. The molecule has 0 saturated carbocycles. The lowest BCUT2D eigenvalue weighted by molar-refractivity contribution is 0.327. The minimum atomic E-state index is -3.14. The summed E-state index contributed by atoms with van der Waals surface area (Å²) in [5.41, 5.74) is -0.154. The van der Waals surface area contributed by atoms with Crippen molar-refractivity contribution in [2.45, 2.75) is 0 Å². The van der Waals surface area contributed by atoms with Crippen molar-refractivity contribution in [3.05, 3.63) is 30.3 Å². The van der Waals surface area contributed by atoms with Gasteiger partial charge in [0.25, 0.3) is 0 Å². The highest BCUT2D eigenvalue weighted by atomic mass is 35.5. The molecule has 1 aromatic carbocycles. The van der Waals surface area contributed by atoms with Crippen LogP contribution in [-0.4, -0.2) is 12.7 Å². The highest BCUT2D eigenvalue weighted by molar-refractivity contribution is 7.56. The van der Waals surface area contributed by atoms with E-state index in [9.17, 15) is 4.57 Å². The van der Waals surface area contributed by atoms with E-state index >= 15 is 0 Å². The van der Waals surface area contributed by atoms with Gasteiger partial charge in [-0.05, 0) is 12.1 Å². The summed E-state index contributed by atoms with van der Waals surface area (Å²) < 4.78 is 21.3. The highest BCUT2D eigenvalue weighted by Crippen LogP contribution is 2.48. The zero-order chi connectivity index (χ0) is 9.73. The Morgan fingerprint density at radius 1 is 1.38 bits per heavy atom. The van der Waals surface area contributed by atoms with Crippen LogP contribution in [0.4, 0.5) is 0 Å². The number of rotatable bonds is 4. The lowest BCUT2D eigenvalue weighted by Gasteiger charge is -2.13. The molecule has 3 nitrogen and oxygen atoms in total. The fourth-order valence-corrected chi connectivity index (χ4v) is 1.86. The highest BCUT2D eigenvalue weighted by Gasteiger charge is 2.22. The molecule has 0 aliphatic rings. The minimum absolute atomic E-state index is 0.154. The monoisotopic (exact) mass is 220 g/mol. The van der Waals surface area contributed by atoms with Crippen LogP contribution in [0, 0.1) is 0 Å². The summed E-state index contributed by atoms with van der Waals surface area (Å²) in [4.78, 5) is 0. The Bertz CT molecular complexity index is 294. The molecule has 0 unspecified atom stereocenters. The molecule has 1 aromatic rings. The van der Waals surface area contributed by atoms with Crippen LogP contribution in [0.3, 0.4) is 0 Å². The van der Waals surface area contributed by atoms with Gasteiger partial charge in [-0.15, -0.1) is 11.6 Å². The molecule has 1 atom stereocenters. The van der Waals surface area contributed by atoms with Gasteiger partial charge in [0.1, 0.15) is 11.4 Å². The summed E-state index contributed by atoms with van der Waals surface area (Å²) in [7, 11) is -1.83. The summed E-state index contributed by atoms with van der Waals surface area (Å²) in [6, 6.07) is 8.79. The second-order valence-electron chi connectivity index (χ2n) is 2.32. The van der Waals surface area contributed by atoms with Gasteiger partial charge in [0, 0.05) is 7.11 Å². The summed E-state index contributed by atoms with van der Waals surface area (Å²) in [5, 5.41) is 0. The van der Waals surface area contributed by atoms with Gasteiger partial charge in [-0.2, -0.15) is 0 Å². The van der Waals surface area contributed by atoms with Crippen molar-refractivity contribution in [1.82, 2.24) is 0 Å². The van der Waals surface area contributed by atoms with Gasteiger partial charge in [-0.25, -0.2) is 4.57 Å². The third-order valence-corrected chi connectivity index (χ3v) is 3.63. The first-order chi connectivity index (χ1) is 6.20. The molecule has 1 rings (SSSR count). The molecule has 0 aromatic heterocycles. The van der Waals surface area contributed by atoms with Gasteiger partial charge in [0.05, 0.1) is 0 Å². The first-order valence-electron chi connectivity index (χ1n) is 3.65. The molecule has 0 radical (unpaired) electrons. The van der Waals surface area contributed by atoms with Crippen LogP contribution in [0.5, 0.6) is 5.75 Å². The van der Waals surface area contributed by atoms with Crippen LogP contribution in [0.25, 0.3) is 0 Å². The van der Waals surface area contributed by atoms with E-state index in [1.54, 1.807) is 24.3 Å². The van der Waals surface area contributed by atoms with E-state index < -0.39 is 7.60 Å². The van der Waals surface area contributed by atoms with E-state index in [0.29, 0.717) is 5.75 Å². The van der Waals surface area contributed by atoms with Gasteiger partial charge in [0.2, 0.25) is 0 Å². The second kappa shape index (κ2) is 4.66. The third kappa shape index (κ3) is 3.03. The zero-order valence-corrected chi connectivity index (χ0v) is 8.79. The lowest BCUT2D eigenvalue weighted by atomic mass is 10.3. The molecule has 72 valence electrons. The van der Waals surface area contributed by atoms with Crippen molar-refractivity contribution in [3.8, 4) is 5.75 Å². The fourth-order valence-electron chi connectivity index (χ4n) is 0.752. The Kier molecular flexibility index (Phi) is 3.79. The van der Waals surface area contributed by atoms with Gasteiger partial charge < -0.3 is 9.05 Å². The van der Waals surface area contributed by atoms with Crippen molar-refractivity contribution in [2.75, 3.05) is 12.7 Å². The minimum Gasteiger partial charge on any atom is -0.424 e. The lowest BCUT2D eigenvalue weighted by Crippen LogP contribution is -1.95. The van der Waals surface area contributed by atoms with Crippen LogP contribution in [0.15, 0.2) is 30.3 Å². The molecule has 0 amide bonds. The van der Waals surface area contributed by atoms with E-state index in [-0.39, 0.29) is 5.62 Å². The second-order valence-corrected chi connectivity index (χ2v) is 5.04. The van der Waals surface area contributed by atoms with E-state index in [4.69, 9.17) is 20.6 Å². The number of alkyl halides is 1. The molecule has 5 heteroatoms. The fraction of sp³-hybridized carbons (Fsp3) is 0.250. The molecule has 0 fully saturated rings. The predicted octanol–water partition coefficient (Wildman–Crippen LogP) is 3.10. The molecule has 0 N–H and O–H groups in total. The van der Waals surface area contributed by atoms with Crippen LogP contribution >= 0.6 is 19.2 Å². The van der Waals surface area contributed by atoms with Crippen molar-refractivity contribution in [1.29, 1.82) is 0 Å². The molecular weight excluding hydrogens is 211 g/mol. The molecule has 0 saturated heterocycles. The quantitative estimate of drug-likeness (QED) is 0.578. The molecular formula is C8H10ClO3P. The Labute approximate surface area is 82.2 Å². The van der Waals surface area contributed by atoms with E-state index in [2.05, 4.69) is 0 Å². The van der Waals surface area contributed by atoms with Crippen molar-refractivity contribution in [2.24, 2.45) is 0 Å². The number of hydrogen-bond donors (Lipinski definition) is 0. The standard InChI is InChI=1S/C8H10ClO3P/c1-11-13(10,7-9)12-8-5-3-2-4-6-8/h2-6H,7H2,1H3/t13-/m0/s1. The van der Waals surface area contributed by atoms with Crippen LogP contribution in [0.1, 0.15) is 0 Å². The number of hydrogen-bond acceptors (Lipinski definition) is 3. The first-order valence-corrected chi connectivity index (χ1v) is 5.92. The van der Waals surface area contributed by atoms with Crippen LogP contribution < -0.4 is 4.52 Å². The molecule has 0 aliphatic carbocycles. The summed E-state index contributed by atoms with van der Waals surface area (Å²) in [6.07, 6.45) is 0. The summed E-state index contributed by atoms with van der Waals surface area (Å²) >= 11 is 5.45. The van der Waals surface area contributed by atoms with Crippen LogP contribution in [-0.2, 0) is 9.09 Å². The topological polar surface area (TPSA) is 35.5 Å². The molecule has 0 bridgehead atoms. The number of para-hydroxylation sites is 1. The number of benzene rings is 1. The molecule has 0 spiro atoms. The Morgan fingerprint density at radius 3 is 2.46 bits per heavy atom. The summed E-state index contributed by atoms with van der Waals surface area (Å²) in [5.74, 6) is 0.494. The Morgan fingerprint density at radius 2 is 2.00 bits per heavy atom. The van der Waals surface area contributed by atoms with E-state index in [1.807, 2.05) is 6.07 Å². The number of halogens is 1. The van der Waals surface area contributed by atoms with Crippen molar-refractivity contribution >= 4 is 19.2 Å². The van der Waals surface area contributed by atoms with Gasteiger partial charge in [-0.3, -0.25) is 0 Å². The van der Waals surface area contributed by atoms with Gasteiger partial charge >= 0.3 is 7.60 Å². The van der Waals surface area contributed by atoms with E-state index in [0.717, 1.165) is 0 Å². The maximum absolute atomic E-state index is 11.5. The van der Waals surface area contributed by atoms with Gasteiger partial charge in [0.15, 0.2) is 0 Å². The molecule has 0 aliphatic heterocycles. The predicted molar refractivity (Wildman–Crippen MR) is 52.4 cm³/mol. The van der Waals surface area contributed by atoms with Gasteiger partial charge in [-0.1, -0.05) is 18.2 Å². The summed E-state index contributed by atoms with van der Waals surface area (Å²) in [6.45, 7) is 0. The first kappa shape index (κ1) is 10.6.